The summed E-state index contributed by atoms with van der Waals surface area (Å²) in [6, 6.07) is 9.13. The van der Waals surface area contributed by atoms with Crippen LogP contribution in [0.3, 0.4) is 0 Å². The van der Waals surface area contributed by atoms with Crippen LogP contribution < -0.4 is 5.32 Å². The first-order valence-corrected chi connectivity index (χ1v) is 4.79. The molecule has 0 radical (unpaired) electrons. The molecule has 0 saturated heterocycles. The first kappa shape index (κ1) is 12.2. The lowest BCUT2D eigenvalue weighted by Gasteiger charge is -2.09. The maximum atomic E-state index is 11.2. The summed E-state index contributed by atoms with van der Waals surface area (Å²) < 4.78 is 4.84. The summed E-state index contributed by atoms with van der Waals surface area (Å²) in [5, 5.41) is 11.4. The summed E-state index contributed by atoms with van der Waals surface area (Å²) in [6.45, 7) is -0.0328. The summed E-state index contributed by atoms with van der Waals surface area (Å²) in [7, 11) is 0. The maximum absolute atomic E-state index is 11.2. The summed E-state index contributed by atoms with van der Waals surface area (Å²) in [5.74, 6) is -0.752. The zero-order valence-corrected chi connectivity index (χ0v) is 8.63. The number of amides is 1. The Balaban J connectivity index is 2.32. The second-order valence-electron chi connectivity index (χ2n) is 3.14. The molecule has 1 amide bonds. The zero-order valence-electron chi connectivity index (χ0n) is 8.63. The Labute approximate surface area is 93.0 Å². The van der Waals surface area contributed by atoms with E-state index in [4.69, 9.17) is 4.74 Å². The fourth-order valence-corrected chi connectivity index (χ4v) is 1.07. The van der Waals surface area contributed by atoms with Gasteiger partial charge in [-0.3, -0.25) is 4.79 Å². The second-order valence-corrected chi connectivity index (χ2v) is 3.14. The van der Waals surface area contributed by atoms with E-state index >= 15 is 0 Å². The van der Waals surface area contributed by atoms with Crippen LogP contribution in [0.2, 0.25) is 0 Å². The number of carbonyl (C=O) groups excluding carboxylic acids is 2. The van der Waals surface area contributed by atoms with Gasteiger partial charge in [0.15, 0.2) is 6.10 Å². The summed E-state index contributed by atoms with van der Waals surface area (Å²) in [6.07, 6.45) is -0.915. The molecule has 1 aromatic carbocycles. The van der Waals surface area contributed by atoms with Crippen LogP contribution in [0, 0.1) is 0 Å². The van der Waals surface area contributed by atoms with Crippen LogP contribution >= 0.6 is 0 Å². The smallest absolute Gasteiger partial charge is 0.337 e. The fraction of sp³-hybridized carbons (Fsp3) is 0.273. The quantitative estimate of drug-likeness (QED) is 0.519. The van der Waals surface area contributed by atoms with Gasteiger partial charge in [-0.15, -0.1) is 0 Å². The van der Waals surface area contributed by atoms with Gasteiger partial charge in [0.1, 0.15) is 6.61 Å². The standard InChI is InChI=1S/C11H13NO4/c13-8-12-6-10(14)11(15)16-7-9-4-2-1-3-5-9/h1-5,8,10,14H,6-7H2,(H,12,13). The van der Waals surface area contributed by atoms with Crippen molar-refractivity contribution in [1.29, 1.82) is 0 Å². The maximum Gasteiger partial charge on any atom is 0.337 e. The van der Waals surface area contributed by atoms with E-state index in [0.717, 1.165) is 5.56 Å². The summed E-state index contributed by atoms with van der Waals surface area (Å²) >= 11 is 0. The molecule has 1 aromatic rings. The minimum absolute atomic E-state index is 0.109. The average molecular weight is 223 g/mol. The molecule has 2 N–H and O–H groups in total. The number of hydrogen-bond donors (Lipinski definition) is 2. The number of nitrogens with one attached hydrogen (secondary N) is 1. The first-order chi connectivity index (χ1) is 7.74. The molecule has 0 saturated carbocycles. The highest BCUT2D eigenvalue weighted by molar-refractivity contribution is 5.75. The Hall–Kier alpha value is -1.88. The van der Waals surface area contributed by atoms with E-state index in [1.165, 1.54) is 0 Å². The second kappa shape index (κ2) is 6.58. The van der Waals surface area contributed by atoms with Crippen molar-refractivity contribution < 1.29 is 19.4 Å². The molecule has 0 aliphatic heterocycles. The van der Waals surface area contributed by atoms with E-state index in [1.54, 1.807) is 0 Å². The SMILES string of the molecule is O=CNCC(O)C(=O)OCc1ccccc1. The van der Waals surface area contributed by atoms with Crippen molar-refractivity contribution in [3.05, 3.63) is 35.9 Å². The van der Waals surface area contributed by atoms with Gasteiger partial charge in [0.2, 0.25) is 6.41 Å². The first-order valence-electron chi connectivity index (χ1n) is 4.79. The van der Waals surface area contributed by atoms with E-state index < -0.39 is 12.1 Å². The molecule has 1 unspecified atom stereocenters. The highest BCUT2D eigenvalue weighted by Crippen LogP contribution is 2.01. The zero-order chi connectivity index (χ0) is 11.8. The number of aliphatic hydroxyl groups is 1. The van der Waals surface area contributed by atoms with Gasteiger partial charge in [0.05, 0.1) is 6.54 Å². The Morgan fingerprint density at radius 2 is 2.12 bits per heavy atom. The van der Waals surface area contributed by atoms with Crippen molar-refractivity contribution in [2.75, 3.05) is 6.54 Å². The molecule has 0 aromatic heterocycles. The van der Waals surface area contributed by atoms with E-state index in [-0.39, 0.29) is 13.2 Å². The Kier molecular flexibility index (Phi) is 5.01. The van der Waals surface area contributed by atoms with Crippen LogP contribution in [0.5, 0.6) is 0 Å². The summed E-state index contributed by atoms with van der Waals surface area (Å²) in [4.78, 5) is 21.1. The molecule has 0 fully saturated rings. The van der Waals surface area contributed by atoms with Crippen molar-refractivity contribution in [3.63, 3.8) is 0 Å². The Morgan fingerprint density at radius 3 is 2.75 bits per heavy atom. The van der Waals surface area contributed by atoms with Crippen molar-refractivity contribution in [1.82, 2.24) is 5.32 Å². The predicted molar refractivity (Wildman–Crippen MR) is 56.3 cm³/mol. The molecule has 5 heteroatoms. The van der Waals surface area contributed by atoms with Crippen LogP contribution in [0.15, 0.2) is 30.3 Å². The number of ether oxygens (including phenoxy) is 1. The highest BCUT2D eigenvalue weighted by atomic mass is 16.5. The van der Waals surface area contributed by atoms with Crippen LogP contribution in [0.4, 0.5) is 0 Å². The lowest BCUT2D eigenvalue weighted by molar-refractivity contribution is -0.154. The van der Waals surface area contributed by atoms with Crippen molar-refractivity contribution in [3.8, 4) is 0 Å². The van der Waals surface area contributed by atoms with Crippen LogP contribution in [0.25, 0.3) is 0 Å². The highest BCUT2D eigenvalue weighted by Gasteiger charge is 2.15. The van der Waals surface area contributed by atoms with E-state index in [1.807, 2.05) is 30.3 Å². The Morgan fingerprint density at radius 1 is 1.44 bits per heavy atom. The number of benzene rings is 1. The molecule has 0 aliphatic carbocycles. The van der Waals surface area contributed by atoms with E-state index in [9.17, 15) is 14.7 Å². The topological polar surface area (TPSA) is 75.6 Å². The average Bonchev–Trinajstić information content (AvgIpc) is 2.34. The van der Waals surface area contributed by atoms with E-state index in [0.29, 0.717) is 6.41 Å². The number of carbonyl (C=O) groups is 2. The summed E-state index contributed by atoms with van der Waals surface area (Å²) in [5.41, 5.74) is 0.839. The molecule has 1 rings (SSSR count). The van der Waals surface area contributed by atoms with Crippen LogP contribution in [-0.2, 0) is 20.9 Å². The number of aliphatic hydroxyl groups excluding tert-OH is 1. The molecule has 5 nitrogen and oxygen atoms in total. The van der Waals surface area contributed by atoms with Gasteiger partial charge < -0.3 is 15.2 Å². The lowest BCUT2D eigenvalue weighted by atomic mass is 10.2. The molecule has 0 heterocycles. The molecular formula is C11H13NO4. The van der Waals surface area contributed by atoms with Gasteiger partial charge in [-0.2, -0.15) is 0 Å². The minimum Gasteiger partial charge on any atom is -0.459 e. The van der Waals surface area contributed by atoms with Gasteiger partial charge in [0, 0.05) is 0 Å². The largest absolute Gasteiger partial charge is 0.459 e. The number of esters is 1. The van der Waals surface area contributed by atoms with Crippen molar-refractivity contribution in [2.24, 2.45) is 0 Å². The van der Waals surface area contributed by atoms with Crippen LogP contribution in [0.1, 0.15) is 5.56 Å². The minimum atomic E-state index is -1.33. The predicted octanol–water partition coefficient (Wildman–Crippen LogP) is -0.163. The van der Waals surface area contributed by atoms with Crippen molar-refractivity contribution in [2.45, 2.75) is 12.7 Å². The third kappa shape index (κ3) is 4.10. The number of hydrogen-bond acceptors (Lipinski definition) is 4. The van der Waals surface area contributed by atoms with Gasteiger partial charge in [-0.1, -0.05) is 30.3 Å². The van der Waals surface area contributed by atoms with Gasteiger partial charge in [-0.05, 0) is 5.56 Å². The van der Waals surface area contributed by atoms with Crippen molar-refractivity contribution >= 4 is 12.4 Å². The molecule has 0 aliphatic rings. The molecule has 86 valence electrons. The van der Waals surface area contributed by atoms with Crippen LogP contribution in [-0.4, -0.2) is 30.1 Å². The van der Waals surface area contributed by atoms with Gasteiger partial charge in [-0.25, -0.2) is 4.79 Å². The number of rotatable bonds is 6. The Bertz CT molecular complexity index is 339. The van der Waals surface area contributed by atoms with E-state index in [2.05, 4.69) is 5.32 Å². The fourth-order valence-electron chi connectivity index (χ4n) is 1.07. The van der Waals surface area contributed by atoms with Gasteiger partial charge >= 0.3 is 5.97 Å². The monoisotopic (exact) mass is 223 g/mol. The third-order valence-corrected chi connectivity index (χ3v) is 1.89. The third-order valence-electron chi connectivity index (χ3n) is 1.89. The lowest BCUT2D eigenvalue weighted by Crippen LogP contribution is -2.33. The molecule has 0 bridgehead atoms. The van der Waals surface area contributed by atoms with Gasteiger partial charge in [0.25, 0.3) is 0 Å². The molecular weight excluding hydrogens is 210 g/mol. The normalized spacial score (nSPS) is 11.6. The molecule has 0 spiro atoms. The molecule has 16 heavy (non-hydrogen) atoms. The molecule has 1 atom stereocenters.